The Morgan fingerprint density at radius 3 is 2.27 bits per heavy atom. The van der Waals surface area contributed by atoms with Gasteiger partial charge in [0.25, 0.3) is 11.8 Å². The highest BCUT2D eigenvalue weighted by Gasteiger charge is 2.17. The number of amides is 3. The topological polar surface area (TPSA) is 100 Å². The lowest BCUT2D eigenvalue weighted by Gasteiger charge is -2.13. The fourth-order valence-electron chi connectivity index (χ4n) is 3.45. The number of nitrogens with zero attached hydrogens (tertiary/aromatic N) is 1. The second-order valence-corrected chi connectivity index (χ2v) is 10.7. The number of benzene rings is 3. The Bertz CT molecular complexity index is 1530. The molecule has 0 fully saturated rings. The van der Waals surface area contributed by atoms with Gasteiger partial charge >= 0.3 is 0 Å². The van der Waals surface area contributed by atoms with Crippen molar-refractivity contribution >= 4 is 70.3 Å². The molecule has 0 saturated heterocycles. The first-order valence-corrected chi connectivity index (χ1v) is 13.7. The van der Waals surface area contributed by atoms with Crippen LogP contribution in [0.5, 0.6) is 0 Å². The van der Waals surface area contributed by atoms with Crippen LogP contribution in [-0.2, 0) is 9.59 Å². The Morgan fingerprint density at radius 1 is 0.875 bits per heavy atom. The molecule has 1 atom stereocenters. The van der Waals surface area contributed by atoms with Crippen LogP contribution >= 0.6 is 35.0 Å². The van der Waals surface area contributed by atoms with Crippen molar-refractivity contribution in [2.45, 2.75) is 17.1 Å². The van der Waals surface area contributed by atoms with Crippen molar-refractivity contribution in [1.82, 2.24) is 10.3 Å². The minimum atomic E-state index is -0.543. The van der Waals surface area contributed by atoms with Crippen molar-refractivity contribution in [3.05, 3.63) is 124 Å². The van der Waals surface area contributed by atoms with Crippen molar-refractivity contribution in [2.24, 2.45) is 0 Å². The summed E-state index contributed by atoms with van der Waals surface area (Å²) in [7, 11) is 0. The third kappa shape index (κ3) is 8.19. The van der Waals surface area contributed by atoms with Gasteiger partial charge in [0.2, 0.25) is 5.91 Å². The molecule has 0 saturated carbocycles. The van der Waals surface area contributed by atoms with Gasteiger partial charge in [-0.3, -0.25) is 14.4 Å². The van der Waals surface area contributed by atoms with Gasteiger partial charge in [-0.2, -0.15) is 0 Å². The number of pyridine rings is 1. The van der Waals surface area contributed by atoms with Crippen molar-refractivity contribution in [1.29, 1.82) is 0 Å². The Labute approximate surface area is 246 Å². The second kappa shape index (κ2) is 13.8. The predicted octanol–water partition coefficient (Wildman–Crippen LogP) is 6.92. The molecule has 1 heterocycles. The maximum absolute atomic E-state index is 13.3. The summed E-state index contributed by atoms with van der Waals surface area (Å²) in [6, 6.07) is 25.7. The lowest BCUT2D eigenvalue weighted by Crippen LogP contribution is -2.30. The standard InChI is InChI=1S/C30H24Cl2N4O3S/c1-19(28(37)36-27-9-5-6-16-33-27)40-24-14-12-23(13-15-24)34-30(39)26(17-21-10-11-22(31)18-25(21)32)35-29(38)20-7-3-2-4-8-20/h2-19H,1H3,(H,34,39)(H,35,38)(H,33,36,37)/b26-17-. The minimum Gasteiger partial charge on any atom is -0.321 e. The summed E-state index contributed by atoms with van der Waals surface area (Å²) in [5.74, 6) is -0.678. The van der Waals surface area contributed by atoms with E-state index in [1.165, 1.54) is 17.8 Å². The zero-order valence-corrected chi connectivity index (χ0v) is 23.6. The molecule has 4 aromatic rings. The summed E-state index contributed by atoms with van der Waals surface area (Å²) in [5, 5.41) is 8.65. The van der Waals surface area contributed by atoms with Gasteiger partial charge in [-0.25, -0.2) is 4.98 Å². The number of carbonyl (C=O) groups is 3. The third-order valence-corrected chi connectivity index (χ3v) is 7.18. The van der Waals surface area contributed by atoms with Gasteiger partial charge in [0.15, 0.2) is 0 Å². The molecule has 0 bridgehead atoms. The molecule has 7 nitrogen and oxygen atoms in total. The van der Waals surface area contributed by atoms with Crippen LogP contribution in [-0.4, -0.2) is 28.0 Å². The van der Waals surface area contributed by atoms with Crippen LogP contribution in [0.3, 0.4) is 0 Å². The highest BCUT2D eigenvalue weighted by molar-refractivity contribution is 8.00. The molecule has 1 unspecified atom stereocenters. The smallest absolute Gasteiger partial charge is 0.272 e. The Balaban J connectivity index is 1.46. The van der Waals surface area contributed by atoms with E-state index in [4.69, 9.17) is 23.2 Å². The summed E-state index contributed by atoms with van der Waals surface area (Å²) < 4.78 is 0. The van der Waals surface area contributed by atoms with Crippen molar-refractivity contribution in [2.75, 3.05) is 10.6 Å². The number of rotatable bonds is 9. The third-order valence-electron chi connectivity index (χ3n) is 5.50. The number of carbonyl (C=O) groups excluding carboxylic acids is 3. The molecule has 1 aromatic heterocycles. The average molecular weight is 592 g/mol. The van der Waals surface area contributed by atoms with Crippen LogP contribution < -0.4 is 16.0 Å². The van der Waals surface area contributed by atoms with Gasteiger partial charge in [-0.05, 0) is 79.2 Å². The largest absolute Gasteiger partial charge is 0.321 e. The van der Waals surface area contributed by atoms with Crippen LogP contribution in [0.4, 0.5) is 11.5 Å². The lowest BCUT2D eigenvalue weighted by atomic mass is 10.1. The van der Waals surface area contributed by atoms with E-state index in [0.29, 0.717) is 32.7 Å². The Kier molecular flexibility index (Phi) is 9.96. The number of hydrogen-bond donors (Lipinski definition) is 3. The summed E-state index contributed by atoms with van der Waals surface area (Å²) in [5.41, 5.74) is 1.40. The quantitative estimate of drug-likeness (QED) is 0.145. The van der Waals surface area contributed by atoms with E-state index in [1.807, 2.05) is 0 Å². The molecule has 40 heavy (non-hydrogen) atoms. The summed E-state index contributed by atoms with van der Waals surface area (Å²) >= 11 is 13.7. The van der Waals surface area contributed by atoms with Crippen molar-refractivity contribution in [3.63, 3.8) is 0 Å². The van der Waals surface area contributed by atoms with Crippen LogP contribution in [0.25, 0.3) is 6.08 Å². The predicted molar refractivity (Wildman–Crippen MR) is 162 cm³/mol. The molecule has 3 amide bonds. The van der Waals surface area contributed by atoms with Crippen molar-refractivity contribution < 1.29 is 14.4 Å². The highest BCUT2D eigenvalue weighted by atomic mass is 35.5. The van der Waals surface area contributed by atoms with Gasteiger partial charge < -0.3 is 16.0 Å². The molecular formula is C30H24Cl2N4O3S. The van der Waals surface area contributed by atoms with Crippen LogP contribution in [0.15, 0.2) is 108 Å². The molecule has 10 heteroatoms. The second-order valence-electron chi connectivity index (χ2n) is 8.49. The first-order chi connectivity index (χ1) is 19.3. The van der Waals surface area contributed by atoms with Gasteiger partial charge in [0.05, 0.1) is 5.25 Å². The van der Waals surface area contributed by atoms with Crippen LogP contribution in [0, 0.1) is 0 Å². The fourth-order valence-corrected chi connectivity index (χ4v) is 4.78. The van der Waals surface area contributed by atoms with E-state index < -0.39 is 11.8 Å². The van der Waals surface area contributed by atoms with Crippen LogP contribution in [0.1, 0.15) is 22.8 Å². The van der Waals surface area contributed by atoms with E-state index in [9.17, 15) is 14.4 Å². The van der Waals surface area contributed by atoms with Crippen LogP contribution in [0.2, 0.25) is 10.0 Å². The molecule has 0 aliphatic carbocycles. The maximum Gasteiger partial charge on any atom is 0.272 e. The number of thioether (sulfide) groups is 1. The molecule has 4 rings (SSSR count). The Hall–Kier alpha value is -4.11. The van der Waals surface area contributed by atoms with Gasteiger partial charge in [0, 0.05) is 32.4 Å². The Morgan fingerprint density at radius 2 is 1.60 bits per heavy atom. The number of anilines is 2. The summed E-state index contributed by atoms with van der Waals surface area (Å²) in [4.78, 5) is 43.5. The van der Waals surface area contributed by atoms with Gasteiger partial charge in [0.1, 0.15) is 11.5 Å². The molecule has 0 aliphatic rings. The molecule has 3 aromatic carbocycles. The first-order valence-electron chi connectivity index (χ1n) is 12.1. The number of aromatic nitrogens is 1. The molecule has 0 spiro atoms. The zero-order valence-electron chi connectivity index (χ0n) is 21.2. The van der Waals surface area contributed by atoms with E-state index in [0.717, 1.165) is 4.90 Å². The van der Waals surface area contributed by atoms with E-state index in [2.05, 4.69) is 20.9 Å². The molecule has 0 radical (unpaired) electrons. The number of nitrogens with one attached hydrogen (secondary N) is 3. The van der Waals surface area contributed by atoms with E-state index in [-0.39, 0.29) is 16.9 Å². The van der Waals surface area contributed by atoms with E-state index in [1.54, 1.807) is 104 Å². The molecule has 3 N–H and O–H groups in total. The minimum absolute atomic E-state index is 0.00339. The fraction of sp³-hybridized carbons (Fsp3) is 0.0667. The monoisotopic (exact) mass is 590 g/mol. The number of halogens is 2. The molecule has 0 aliphatic heterocycles. The normalized spacial score (nSPS) is 11.8. The first kappa shape index (κ1) is 28.9. The molecular weight excluding hydrogens is 567 g/mol. The molecule has 202 valence electrons. The van der Waals surface area contributed by atoms with E-state index >= 15 is 0 Å². The zero-order chi connectivity index (χ0) is 28.5. The summed E-state index contributed by atoms with van der Waals surface area (Å²) in [6.07, 6.45) is 3.10. The average Bonchev–Trinajstić information content (AvgIpc) is 2.96. The van der Waals surface area contributed by atoms with Gasteiger partial charge in [-0.15, -0.1) is 11.8 Å². The van der Waals surface area contributed by atoms with Gasteiger partial charge in [-0.1, -0.05) is 53.5 Å². The summed E-state index contributed by atoms with van der Waals surface area (Å²) in [6.45, 7) is 1.80. The lowest BCUT2D eigenvalue weighted by molar-refractivity contribution is -0.115. The maximum atomic E-state index is 13.3. The van der Waals surface area contributed by atoms with Crippen molar-refractivity contribution in [3.8, 4) is 0 Å². The SMILES string of the molecule is CC(Sc1ccc(NC(=O)/C(=C/c2ccc(Cl)cc2Cl)NC(=O)c2ccccc2)cc1)C(=O)Nc1ccccn1. The highest BCUT2D eigenvalue weighted by Crippen LogP contribution is 2.26. The number of hydrogen-bond acceptors (Lipinski definition) is 5.